The van der Waals surface area contributed by atoms with Gasteiger partial charge in [-0.05, 0) is 38.4 Å². The molecule has 3 N–H and O–H groups in total. The molecule has 0 aliphatic carbocycles. The Hall–Kier alpha value is -1.66. The van der Waals surface area contributed by atoms with Crippen LogP contribution >= 0.6 is 11.5 Å². The Balaban J connectivity index is 2.18. The largest absolute Gasteiger partial charge is 0.382 e. The molecule has 0 saturated heterocycles. The summed E-state index contributed by atoms with van der Waals surface area (Å²) in [5.74, 6) is 0.528. The molecule has 0 saturated carbocycles. The molecule has 0 spiro atoms. The van der Waals surface area contributed by atoms with E-state index < -0.39 is 0 Å². The van der Waals surface area contributed by atoms with Gasteiger partial charge < -0.3 is 15.8 Å². The summed E-state index contributed by atoms with van der Waals surface area (Å²) in [6.07, 6.45) is 3.53. The van der Waals surface area contributed by atoms with Gasteiger partial charge in [0, 0.05) is 31.1 Å². The molecule has 2 heterocycles. The van der Waals surface area contributed by atoms with Crippen LogP contribution in [-0.4, -0.2) is 28.1 Å². The van der Waals surface area contributed by atoms with Crippen molar-refractivity contribution in [2.45, 2.75) is 26.4 Å². The van der Waals surface area contributed by atoms with Gasteiger partial charge in [0.15, 0.2) is 0 Å². The normalized spacial score (nSPS) is 11.6. The van der Waals surface area contributed by atoms with E-state index in [0.717, 1.165) is 16.1 Å². The van der Waals surface area contributed by atoms with E-state index in [-0.39, 0.29) is 5.60 Å². The first-order valence-electron chi connectivity index (χ1n) is 6.57. The SMILES string of the molecule is CCOC(C)(C)CNc1snc(N)c1-c1cccnc1. The minimum atomic E-state index is -0.236. The summed E-state index contributed by atoms with van der Waals surface area (Å²) in [6.45, 7) is 7.48. The predicted molar refractivity (Wildman–Crippen MR) is 84.0 cm³/mol. The summed E-state index contributed by atoms with van der Waals surface area (Å²) in [7, 11) is 0. The summed E-state index contributed by atoms with van der Waals surface area (Å²) in [4.78, 5) is 4.13. The fraction of sp³-hybridized carbons (Fsp3) is 0.429. The molecule has 0 aliphatic heterocycles. The second-order valence-electron chi connectivity index (χ2n) is 5.06. The van der Waals surface area contributed by atoms with Gasteiger partial charge in [0.25, 0.3) is 0 Å². The number of nitrogens with one attached hydrogen (secondary N) is 1. The average Bonchev–Trinajstić information content (AvgIpc) is 2.79. The summed E-state index contributed by atoms with van der Waals surface area (Å²) in [5.41, 5.74) is 7.62. The smallest absolute Gasteiger partial charge is 0.147 e. The third-order valence-electron chi connectivity index (χ3n) is 2.88. The number of rotatable bonds is 6. The number of nitrogens with zero attached hydrogens (tertiary/aromatic N) is 2. The molecule has 0 bridgehead atoms. The van der Waals surface area contributed by atoms with E-state index in [2.05, 4.69) is 28.5 Å². The second kappa shape index (κ2) is 6.19. The highest BCUT2D eigenvalue weighted by Crippen LogP contribution is 2.36. The van der Waals surface area contributed by atoms with E-state index in [4.69, 9.17) is 10.5 Å². The highest BCUT2D eigenvalue weighted by Gasteiger charge is 2.20. The lowest BCUT2D eigenvalue weighted by Crippen LogP contribution is -2.33. The number of nitrogen functional groups attached to an aromatic ring is 1. The van der Waals surface area contributed by atoms with Crippen molar-refractivity contribution < 1.29 is 4.74 Å². The molecule has 6 heteroatoms. The Morgan fingerprint density at radius 1 is 1.45 bits per heavy atom. The van der Waals surface area contributed by atoms with Crippen molar-refractivity contribution in [2.24, 2.45) is 0 Å². The zero-order valence-electron chi connectivity index (χ0n) is 12.0. The average molecular weight is 292 g/mol. The Kier molecular flexibility index (Phi) is 4.57. The van der Waals surface area contributed by atoms with Gasteiger partial charge in [-0.15, -0.1) is 0 Å². The minimum Gasteiger partial charge on any atom is -0.382 e. The third-order valence-corrected chi connectivity index (χ3v) is 3.70. The Bertz CT molecular complexity index is 554. The van der Waals surface area contributed by atoms with Crippen LogP contribution < -0.4 is 11.1 Å². The van der Waals surface area contributed by atoms with Crippen LogP contribution in [0.2, 0.25) is 0 Å². The summed E-state index contributed by atoms with van der Waals surface area (Å²) < 4.78 is 9.91. The molecule has 0 aromatic carbocycles. The molecule has 2 rings (SSSR count). The van der Waals surface area contributed by atoms with Crippen LogP contribution in [0.25, 0.3) is 11.1 Å². The third kappa shape index (κ3) is 3.46. The number of hydrogen-bond acceptors (Lipinski definition) is 6. The predicted octanol–water partition coefficient (Wildman–Crippen LogP) is 3.01. The molecule has 0 unspecified atom stereocenters. The zero-order chi connectivity index (χ0) is 14.6. The van der Waals surface area contributed by atoms with Crippen LogP contribution in [0, 0.1) is 0 Å². The Morgan fingerprint density at radius 2 is 2.25 bits per heavy atom. The van der Waals surface area contributed by atoms with Gasteiger partial charge in [-0.2, -0.15) is 4.37 Å². The fourth-order valence-electron chi connectivity index (χ4n) is 1.95. The monoisotopic (exact) mass is 292 g/mol. The molecular weight excluding hydrogens is 272 g/mol. The number of ether oxygens (including phenoxy) is 1. The Morgan fingerprint density at radius 3 is 2.90 bits per heavy atom. The number of pyridine rings is 1. The maximum Gasteiger partial charge on any atom is 0.147 e. The van der Waals surface area contributed by atoms with Gasteiger partial charge in [-0.3, -0.25) is 4.98 Å². The van der Waals surface area contributed by atoms with Gasteiger partial charge in [0.05, 0.1) is 11.2 Å². The minimum absolute atomic E-state index is 0.236. The first-order valence-corrected chi connectivity index (χ1v) is 7.34. The van der Waals surface area contributed by atoms with Gasteiger partial charge in [0.2, 0.25) is 0 Å². The molecule has 2 aromatic heterocycles. The van der Waals surface area contributed by atoms with E-state index >= 15 is 0 Å². The first-order chi connectivity index (χ1) is 9.53. The maximum atomic E-state index is 5.97. The van der Waals surface area contributed by atoms with Crippen LogP contribution in [0.4, 0.5) is 10.8 Å². The Labute approximate surface area is 123 Å². The topological polar surface area (TPSA) is 73.1 Å². The van der Waals surface area contributed by atoms with Crippen molar-refractivity contribution >= 4 is 22.4 Å². The van der Waals surface area contributed by atoms with E-state index in [9.17, 15) is 0 Å². The standard InChI is InChI=1S/C14H20N4OS/c1-4-19-14(2,3)9-17-13-11(12(15)18-20-13)10-6-5-7-16-8-10/h5-8,17H,4,9H2,1-3H3,(H2,15,18). The van der Waals surface area contributed by atoms with Crippen molar-refractivity contribution in [1.82, 2.24) is 9.36 Å². The lowest BCUT2D eigenvalue weighted by Gasteiger charge is -2.25. The quantitative estimate of drug-likeness (QED) is 0.856. The van der Waals surface area contributed by atoms with Gasteiger partial charge in [0.1, 0.15) is 10.8 Å². The van der Waals surface area contributed by atoms with Crippen molar-refractivity contribution in [1.29, 1.82) is 0 Å². The summed E-state index contributed by atoms with van der Waals surface area (Å²) >= 11 is 1.36. The van der Waals surface area contributed by atoms with E-state index in [1.54, 1.807) is 12.4 Å². The van der Waals surface area contributed by atoms with Gasteiger partial charge >= 0.3 is 0 Å². The molecule has 5 nitrogen and oxygen atoms in total. The highest BCUT2D eigenvalue weighted by molar-refractivity contribution is 7.11. The molecule has 0 aliphatic rings. The molecule has 0 radical (unpaired) electrons. The second-order valence-corrected chi connectivity index (χ2v) is 5.83. The van der Waals surface area contributed by atoms with Crippen LogP contribution in [0.5, 0.6) is 0 Å². The molecular formula is C14H20N4OS. The summed E-state index contributed by atoms with van der Waals surface area (Å²) in [6, 6.07) is 3.87. The molecule has 108 valence electrons. The molecule has 0 atom stereocenters. The molecule has 2 aromatic rings. The van der Waals surface area contributed by atoms with Crippen molar-refractivity contribution in [3.8, 4) is 11.1 Å². The fourth-order valence-corrected chi connectivity index (χ4v) is 2.68. The van der Waals surface area contributed by atoms with E-state index in [1.165, 1.54) is 11.5 Å². The maximum absolute atomic E-state index is 5.97. The number of hydrogen-bond donors (Lipinski definition) is 2. The van der Waals surface area contributed by atoms with Crippen LogP contribution in [0.3, 0.4) is 0 Å². The van der Waals surface area contributed by atoms with E-state index in [0.29, 0.717) is 19.0 Å². The number of nitrogens with two attached hydrogens (primary N) is 1. The van der Waals surface area contributed by atoms with Gasteiger partial charge in [-0.25, -0.2) is 0 Å². The lowest BCUT2D eigenvalue weighted by atomic mass is 10.1. The lowest BCUT2D eigenvalue weighted by molar-refractivity contribution is 0.000754. The molecule has 20 heavy (non-hydrogen) atoms. The van der Waals surface area contributed by atoms with Crippen molar-refractivity contribution in [3.05, 3.63) is 24.5 Å². The van der Waals surface area contributed by atoms with Crippen molar-refractivity contribution in [2.75, 3.05) is 24.2 Å². The van der Waals surface area contributed by atoms with E-state index in [1.807, 2.05) is 19.1 Å². The molecule has 0 amide bonds. The highest BCUT2D eigenvalue weighted by atomic mass is 32.1. The zero-order valence-corrected chi connectivity index (χ0v) is 12.8. The van der Waals surface area contributed by atoms with Crippen LogP contribution in [0.15, 0.2) is 24.5 Å². The van der Waals surface area contributed by atoms with Crippen LogP contribution in [-0.2, 0) is 4.74 Å². The van der Waals surface area contributed by atoms with Crippen LogP contribution in [0.1, 0.15) is 20.8 Å². The van der Waals surface area contributed by atoms with Gasteiger partial charge in [-0.1, -0.05) is 6.07 Å². The summed E-state index contributed by atoms with van der Waals surface area (Å²) in [5, 5.41) is 4.33. The number of anilines is 2. The number of aromatic nitrogens is 2. The molecule has 0 fully saturated rings. The van der Waals surface area contributed by atoms with Crippen molar-refractivity contribution in [3.63, 3.8) is 0 Å². The first kappa shape index (κ1) is 14.7.